The van der Waals surface area contributed by atoms with Crippen LogP contribution in [0.2, 0.25) is 5.02 Å². The first kappa shape index (κ1) is 22.0. The second kappa shape index (κ2) is 9.80. The van der Waals surface area contributed by atoms with Gasteiger partial charge < -0.3 is 10.1 Å². The molecule has 0 heterocycles. The van der Waals surface area contributed by atoms with Gasteiger partial charge in [0.05, 0.1) is 11.9 Å². The Morgan fingerprint density at radius 1 is 1.14 bits per heavy atom. The molecular weight excluding hydrogens is 400 g/mol. The zero-order valence-electron chi connectivity index (χ0n) is 16.2. The summed E-state index contributed by atoms with van der Waals surface area (Å²) in [6.07, 6.45) is 2.14. The van der Waals surface area contributed by atoms with Gasteiger partial charge in [-0.15, -0.1) is 0 Å². The van der Waals surface area contributed by atoms with Crippen LogP contribution in [0.25, 0.3) is 0 Å². The molecule has 28 heavy (non-hydrogen) atoms. The number of nitrogens with one attached hydrogen (secondary N) is 1. The lowest BCUT2D eigenvalue weighted by Gasteiger charge is -2.18. The number of carbonyl (C=O) groups is 1. The van der Waals surface area contributed by atoms with Crippen molar-refractivity contribution in [2.45, 2.75) is 25.9 Å². The quantitative estimate of drug-likeness (QED) is 0.627. The molecule has 0 aliphatic carbocycles. The Labute approximate surface area is 171 Å². The molecule has 0 bridgehead atoms. The third kappa shape index (κ3) is 6.73. The minimum atomic E-state index is -3.32. The van der Waals surface area contributed by atoms with Crippen LogP contribution < -0.4 is 14.4 Å². The van der Waals surface area contributed by atoms with Crippen LogP contribution in [-0.2, 0) is 21.2 Å². The van der Waals surface area contributed by atoms with Crippen LogP contribution in [0.4, 0.5) is 5.69 Å². The van der Waals surface area contributed by atoms with Crippen LogP contribution in [0, 0.1) is 0 Å². The van der Waals surface area contributed by atoms with Gasteiger partial charge in [0.2, 0.25) is 10.0 Å². The Morgan fingerprint density at radius 2 is 1.75 bits per heavy atom. The van der Waals surface area contributed by atoms with Crippen LogP contribution in [0.5, 0.6) is 5.75 Å². The number of sulfonamides is 1. The molecule has 1 atom stereocenters. The van der Waals surface area contributed by atoms with Crippen molar-refractivity contribution in [2.75, 3.05) is 24.2 Å². The molecule has 2 rings (SSSR count). The summed E-state index contributed by atoms with van der Waals surface area (Å²) in [7, 11) is -1.84. The van der Waals surface area contributed by atoms with E-state index in [1.807, 2.05) is 24.3 Å². The second-order valence-electron chi connectivity index (χ2n) is 6.51. The molecule has 0 aromatic heterocycles. The summed E-state index contributed by atoms with van der Waals surface area (Å²) in [5, 5.41) is 3.56. The number of carbonyl (C=O) groups excluding carboxylic acids is 1. The lowest BCUT2D eigenvalue weighted by molar-refractivity contribution is -0.127. The summed E-state index contributed by atoms with van der Waals surface area (Å²) >= 11 is 5.86. The van der Waals surface area contributed by atoms with Crippen molar-refractivity contribution in [2.24, 2.45) is 0 Å². The van der Waals surface area contributed by atoms with E-state index in [9.17, 15) is 13.2 Å². The summed E-state index contributed by atoms with van der Waals surface area (Å²) in [5.74, 6) is 0.294. The average Bonchev–Trinajstić information content (AvgIpc) is 2.65. The fraction of sp³-hybridized carbons (Fsp3) is 0.350. The number of benzene rings is 2. The molecule has 6 nitrogen and oxygen atoms in total. The predicted octanol–water partition coefficient (Wildman–Crippen LogP) is 3.25. The van der Waals surface area contributed by atoms with E-state index in [-0.39, 0.29) is 5.91 Å². The highest BCUT2D eigenvalue weighted by Crippen LogP contribution is 2.21. The fourth-order valence-corrected chi connectivity index (χ4v) is 3.11. The smallest absolute Gasteiger partial charge is 0.260 e. The number of aryl methyl sites for hydroxylation is 1. The van der Waals surface area contributed by atoms with Gasteiger partial charge in [0.15, 0.2) is 6.10 Å². The summed E-state index contributed by atoms with van der Waals surface area (Å²) in [6.45, 7) is 2.22. The lowest BCUT2D eigenvalue weighted by Crippen LogP contribution is -2.36. The number of hydrogen-bond acceptors (Lipinski definition) is 4. The molecule has 0 unspecified atom stereocenters. The van der Waals surface area contributed by atoms with E-state index in [0.717, 1.165) is 19.1 Å². The molecule has 0 saturated carbocycles. The zero-order chi connectivity index (χ0) is 20.7. The van der Waals surface area contributed by atoms with Crippen LogP contribution in [-0.4, -0.2) is 40.3 Å². The molecule has 1 amide bonds. The standard InChI is InChI=1S/C20H25ClN2O4S/c1-15(20(24)22-14-4-5-16-6-8-17(21)9-7-16)27-19-12-10-18(11-13-19)23(2)28(3,25)26/h6-13,15H,4-5,14H2,1-3H3,(H,22,24)/t15-/m1/s1. The van der Waals surface area contributed by atoms with Crippen molar-refractivity contribution in [1.82, 2.24) is 5.32 Å². The van der Waals surface area contributed by atoms with Gasteiger partial charge in [-0.05, 0) is 61.7 Å². The van der Waals surface area contributed by atoms with E-state index in [1.54, 1.807) is 31.2 Å². The maximum Gasteiger partial charge on any atom is 0.260 e. The van der Waals surface area contributed by atoms with Gasteiger partial charge in [0, 0.05) is 18.6 Å². The molecule has 0 aliphatic rings. The van der Waals surface area contributed by atoms with Gasteiger partial charge in [-0.1, -0.05) is 23.7 Å². The van der Waals surface area contributed by atoms with E-state index >= 15 is 0 Å². The van der Waals surface area contributed by atoms with E-state index in [2.05, 4.69) is 5.32 Å². The number of nitrogens with zero attached hydrogens (tertiary/aromatic N) is 1. The fourth-order valence-electron chi connectivity index (χ4n) is 2.48. The highest BCUT2D eigenvalue weighted by Gasteiger charge is 2.15. The van der Waals surface area contributed by atoms with Gasteiger partial charge in [-0.2, -0.15) is 0 Å². The Kier molecular flexibility index (Phi) is 7.71. The van der Waals surface area contributed by atoms with E-state index in [4.69, 9.17) is 16.3 Å². The lowest BCUT2D eigenvalue weighted by atomic mass is 10.1. The third-order valence-electron chi connectivity index (χ3n) is 4.23. The largest absolute Gasteiger partial charge is 0.481 e. The Balaban J connectivity index is 1.77. The first-order valence-corrected chi connectivity index (χ1v) is 11.1. The van der Waals surface area contributed by atoms with Crippen molar-refractivity contribution in [1.29, 1.82) is 0 Å². The molecule has 1 N–H and O–H groups in total. The minimum Gasteiger partial charge on any atom is -0.481 e. The number of halogens is 1. The SMILES string of the molecule is C[C@@H](Oc1ccc(N(C)S(C)(=O)=O)cc1)C(=O)NCCCc1ccc(Cl)cc1. The molecule has 8 heteroatoms. The van der Waals surface area contributed by atoms with Gasteiger partial charge in [-0.25, -0.2) is 8.42 Å². The molecule has 0 saturated heterocycles. The van der Waals surface area contributed by atoms with Gasteiger partial charge >= 0.3 is 0 Å². The highest BCUT2D eigenvalue weighted by molar-refractivity contribution is 7.92. The molecule has 0 aliphatic heterocycles. The van der Waals surface area contributed by atoms with Crippen LogP contribution >= 0.6 is 11.6 Å². The number of amides is 1. The molecular formula is C20H25ClN2O4S. The molecule has 2 aromatic rings. The van der Waals surface area contributed by atoms with E-state index in [1.165, 1.54) is 16.9 Å². The van der Waals surface area contributed by atoms with Crippen molar-refractivity contribution < 1.29 is 17.9 Å². The van der Waals surface area contributed by atoms with E-state index < -0.39 is 16.1 Å². The molecule has 2 aromatic carbocycles. The number of anilines is 1. The Bertz CT molecular complexity index is 883. The van der Waals surface area contributed by atoms with Crippen LogP contribution in [0.15, 0.2) is 48.5 Å². The maximum atomic E-state index is 12.2. The van der Waals surface area contributed by atoms with Gasteiger partial charge in [-0.3, -0.25) is 9.10 Å². The highest BCUT2D eigenvalue weighted by atomic mass is 35.5. The minimum absolute atomic E-state index is 0.201. The van der Waals surface area contributed by atoms with Crippen LogP contribution in [0.1, 0.15) is 18.9 Å². The van der Waals surface area contributed by atoms with Crippen molar-refractivity contribution in [3.63, 3.8) is 0 Å². The predicted molar refractivity (Wildman–Crippen MR) is 113 cm³/mol. The van der Waals surface area contributed by atoms with Gasteiger partial charge in [0.1, 0.15) is 5.75 Å². The third-order valence-corrected chi connectivity index (χ3v) is 5.69. The Morgan fingerprint density at radius 3 is 2.32 bits per heavy atom. The first-order valence-electron chi connectivity index (χ1n) is 8.89. The molecule has 0 fully saturated rings. The Hall–Kier alpha value is -2.25. The monoisotopic (exact) mass is 424 g/mol. The zero-order valence-corrected chi connectivity index (χ0v) is 17.8. The van der Waals surface area contributed by atoms with Crippen molar-refractivity contribution in [3.05, 3.63) is 59.1 Å². The summed E-state index contributed by atoms with van der Waals surface area (Å²) in [4.78, 5) is 12.2. The molecule has 0 radical (unpaired) electrons. The van der Waals surface area contributed by atoms with E-state index in [0.29, 0.717) is 23.0 Å². The first-order chi connectivity index (χ1) is 13.2. The van der Waals surface area contributed by atoms with Crippen LogP contribution in [0.3, 0.4) is 0 Å². The van der Waals surface area contributed by atoms with Crippen molar-refractivity contribution >= 4 is 33.2 Å². The molecule has 0 spiro atoms. The average molecular weight is 425 g/mol. The number of ether oxygens (including phenoxy) is 1. The summed E-state index contributed by atoms with van der Waals surface area (Å²) in [6, 6.07) is 14.2. The maximum absolute atomic E-state index is 12.2. The normalized spacial score (nSPS) is 12.3. The second-order valence-corrected chi connectivity index (χ2v) is 8.96. The summed E-state index contributed by atoms with van der Waals surface area (Å²) < 4.78 is 29.9. The number of rotatable bonds is 9. The number of hydrogen-bond donors (Lipinski definition) is 1. The van der Waals surface area contributed by atoms with Gasteiger partial charge in [0.25, 0.3) is 5.91 Å². The molecule has 152 valence electrons. The van der Waals surface area contributed by atoms with Crippen molar-refractivity contribution in [3.8, 4) is 5.75 Å². The topological polar surface area (TPSA) is 75.7 Å². The summed E-state index contributed by atoms with van der Waals surface area (Å²) in [5.41, 5.74) is 1.69.